The van der Waals surface area contributed by atoms with Gasteiger partial charge in [0.1, 0.15) is 28.1 Å². The summed E-state index contributed by atoms with van der Waals surface area (Å²) in [5.74, 6) is 1.53. The van der Waals surface area contributed by atoms with Crippen LogP contribution in [0.5, 0.6) is 11.5 Å². The van der Waals surface area contributed by atoms with Crippen molar-refractivity contribution in [2.45, 2.75) is 0 Å². The standard InChI is InChI=1S/C28H19N3OS/c29-17-21(18-30-22-13-15-24(16-14-22)32-23-9-2-1-3-10-23)28-31-27(19-33-28)26-12-6-8-20-7-4-5-11-25(20)26/h1-16,18-19,30H/b21-18+. The second-order valence-electron chi connectivity index (χ2n) is 7.32. The van der Waals surface area contributed by atoms with Crippen molar-refractivity contribution in [1.29, 1.82) is 5.26 Å². The van der Waals surface area contributed by atoms with E-state index in [0.29, 0.717) is 10.6 Å². The number of benzene rings is 4. The van der Waals surface area contributed by atoms with Gasteiger partial charge in [-0.25, -0.2) is 4.98 Å². The topological polar surface area (TPSA) is 57.9 Å². The third-order valence-corrected chi connectivity index (χ3v) is 6.01. The monoisotopic (exact) mass is 445 g/mol. The molecule has 158 valence electrons. The van der Waals surface area contributed by atoms with Gasteiger partial charge >= 0.3 is 0 Å². The zero-order valence-electron chi connectivity index (χ0n) is 17.6. The number of nitrogens with one attached hydrogen (secondary N) is 1. The number of allylic oxidation sites excluding steroid dienone is 1. The quantitative estimate of drug-likeness (QED) is 0.272. The van der Waals surface area contributed by atoms with E-state index in [2.05, 4.69) is 35.7 Å². The maximum absolute atomic E-state index is 9.71. The third kappa shape index (κ3) is 4.62. The van der Waals surface area contributed by atoms with Crippen molar-refractivity contribution in [3.05, 3.63) is 114 Å². The van der Waals surface area contributed by atoms with Gasteiger partial charge in [-0.2, -0.15) is 5.26 Å². The highest BCUT2D eigenvalue weighted by Gasteiger charge is 2.11. The number of hydrogen-bond acceptors (Lipinski definition) is 5. The van der Waals surface area contributed by atoms with E-state index < -0.39 is 0 Å². The van der Waals surface area contributed by atoms with Crippen LogP contribution in [0.25, 0.3) is 27.6 Å². The average Bonchev–Trinajstić information content (AvgIpc) is 3.35. The lowest BCUT2D eigenvalue weighted by Crippen LogP contribution is -1.91. The van der Waals surface area contributed by atoms with Crippen LogP contribution < -0.4 is 10.1 Å². The number of thiazole rings is 1. The fraction of sp³-hybridized carbons (Fsp3) is 0. The Balaban J connectivity index is 1.33. The molecule has 0 bridgehead atoms. The van der Waals surface area contributed by atoms with Crippen molar-refractivity contribution < 1.29 is 4.74 Å². The summed E-state index contributed by atoms with van der Waals surface area (Å²) in [5, 5.41) is 17.9. The summed E-state index contributed by atoms with van der Waals surface area (Å²) in [6, 6.07) is 33.9. The molecule has 4 aromatic carbocycles. The molecule has 0 radical (unpaired) electrons. The number of para-hydroxylation sites is 1. The zero-order valence-corrected chi connectivity index (χ0v) is 18.4. The first-order valence-electron chi connectivity index (χ1n) is 10.4. The molecule has 1 aromatic heterocycles. The van der Waals surface area contributed by atoms with Gasteiger partial charge in [0, 0.05) is 22.8 Å². The van der Waals surface area contributed by atoms with Crippen molar-refractivity contribution in [2.75, 3.05) is 5.32 Å². The summed E-state index contributed by atoms with van der Waals surface area (Å²) in [7, 11) is 0. The van der Waals surface area contributed by atoms with Crippen LogP contribution in [0.1, 0.15) is 5.01 Å². The van der Waals surface area contributed by atoms with E-state index in [1.807, 2.05) is 78.2 Å². The number of aromatic nitrogens is 1. The van der Waals surface area contributed by atoms with Gasteiger partial charge in [0.25, 0.3) is 0 Å². The SMILES string of the molecule is N#C/C(=C\Nc1ccc(Oc2ccccc2)cc1)c1nc(-c2cccc3ccccc23)cs1. The molecule has 4 nitrogen and oxygen atoms in total. The Hall–Kier alpha value is -4.40. The molecule has 5 rings (SSSR count). The molecule has 0 aliphatic rings. The average molecular weight is 446 g/mol. The number of nitrogens with zero attached hydrogens (tertiary/aromatic N) is 2. The number of ether oxygens (including phenoxy) is 1. The van der Waals surface area contributed by atoms with Crippen LogP contribution in [0, 0.1) is 11.3 Å². The predicted molar refractivity (Wildman–Crippen MR) is 135 cm³/mol. The Morgan fingerprint density at radius 1 is 0.848 bits per heavy atom. The molecular weight excluding hydrogens is 426 g/mol. The molecule has 0 atom stereocenters. The Morgan fingerprint density at radius 3 is 2.39 bits per heavy atom. The number of fused-ring (bicyclic) bond motifs is 1. The van der Waals surface area contributed by atoms with Crippen LogP contribution in [0.3, 0.4) is 0 Å². The fourth-order valence-electron chi connectivity index (χ4n) is 3.51. The van der Waals surface area contributed by atoms with Crippen LogP contribution in [-0.4, -0.2) is 4.98 Å². The van der Waals surface area contributed by atoms with E-state index in [4.69, 9.17) is 9.72 Å². The molecule has 1 N–H and O–H groups in total. The van der Waals surface area contributed by atoms with Crippen molar-refractivity contribution in [3.8, 4) is 28.8 Å². The van der Waals surface area contributed by atoms with Crippen LogP contribution in [0.15, 0.2) is 109 Å². The minimum absolute atomic E-state index is 0.482. The largest absolute Gasteiger partial charge is 0.457 e. The van der Waals surface area contributed by atoms with Crippen LogP contribution in [0.2, 0.25) is 0 Å². The zero-order chi connectivity index (χ0) is 22.5. The summed E-state index contributed by atoms with van der Waals surface area (Å²) in [5.41, 5.74) is 3.27. The van der Waals surface area contributed by atoms with Gasteiger partial charge in [-0.15, -0.1) is 11.3 Å². The molecule has 33 heavy (non-hydrogen) atoms. The Bertz CT molecular complexity index is 1460. The summed E-state index contributed by atoms with van der Waals surface area (Å²) in [4.78, 5) is 4.74. The van der Waals surface area contributed by atoms with Crippen LogP contribution in [-0.2, 0) is 0 Å². The normalized spacial score (nSPS) is 11.2. The van der Waals surface area contributed by atoms with E-state index in [1.54, 1.807) is 6.20 Å². The highest BCUT2D eigenvalue weighted by Crippen LogP contribution is 2.31. The minimum Gasteiger partial charge on any atom is -0.457 e. The lowest BCUT2D eigenvalue weighted by Gasteiger charge is -2.07. The van der Waals surface area contributed by atoms with Gasteiger partial charge in [0.05, 0.1) is 5.69 Å². The molecular formula is C28H19N3OS. The van der Waals surface area contributed by atoms with Gasteiger partial charge in [-0.05, 0) is 47.2 Å². The second-order valence-corrected chi connectivity index (χ2v) is 8.18. The van der Waals surface area contributed by atoms with E-state index >= 15 is 0 Å². The smallest absolute Gasteiger partial charge is 0.136 e. The van der Waals surface area contributed by atoms with Crippen LogP contribution >= 0.6 is 11.3 Å². The molecule has 0 fully saturated rings. The molecule has 5 heteroatoms. The number of rotatable bonds is 6. The van der Waals surface area contributed by atoms with E-state index in [9.17, 15) is 5.26 Å². The highest BCUT2D eigenvalue weighted by atomic mass is 32.1. The molecule has 0 saturated carbocycles. The van der Waals surface area contributed by atoms with Gasteiger partial charge in [0.15, 0.2) is 0 Å². The van der Waals surface area contributed by atoms with E-state index in [1.165, 1.54) is 16.7 Å². The first-order chi connectivity index (χ1) is 16.3. The molecule has 0 unspecified atom stereocenters. The number of hydrogen-bond donors (Lipinski definition) is 1. The Labute approximate surface area is 196 Å². The molecule has 0 saturated heterocycles. The maximum atomic E-state index is 9.71. The lowest BCUT2D eigenvalue weighted by atomic mass is 10.0. The van der Waals surface area contributed by atoms with Gasteiger partial charge in [-0.3, -0.25) is 0 Å². The Morgan fingerprint density at radius 2 is 1.58 bits per heavy atom. The van der Waals surface area contributed by atoms with E-state index in [-0.39, 0.29) is 0 Å². The van der Waals surface area contributed by atoms with E-state index in [0.717, 1.165) is 33.8 Å². The summed E-state index contributed by atoms with van der Waals surface area (Å²) in [6.07, 6.45) is 1.69. The molecule has 5 aromatic rings. The van der Waals surface area contributed by atoms with Crippen molar-refractivity contribution >= 4 is 33.4 Å². The summed E-state index contributed by atoms with van der Waals surface area (Å²) < 4.78 is 5.82. The summed E-state index contributed by atoms with van der Waals surface area (Å²) in [6.45, 7) is 0. The molecule has 0 aliphatic heterocycles. The number of anilines is 1. The predicted octanol–water partition coefficient (Wildman–Crippen LogP) is 7.73. The van der Waals surface area contributed by atoms with Gasteiger partial charge in [-0.1, -0.05) is 60.7 Å². The molecule has 0 amide bonds. The second kappa shape index (κ2) is 9.39. The number of nitriles is 1. The first-order valence-corrected chi connectivity index (χ1v) is 11.3. The summed E-state index contributed by atoms with van der Waals surface area (Å²) >= 11 is 1.46. The van der Waals surface area contributed by atoms with Crippen molar-refractivity contribution in [2.24, 2.45) is 0 Å². The van der Waals surface area contributed by atoms with Crippen molar-refractivity contribution in [1.82, 2.24) is 4.98 Å². The maximum Gasteiger partial charge on any atom is 0.136 e. The highest BCUT2D eigenvalue weighted by molar-refractivity contribution is 7.11. The lowest BCUT2D eigenvalue weighted by molar-refractivity contribution is 0.483. The minimum atomic E-state index is 0.482. The molecule has 0 aliphatic carbocycles. The fourth-order valence-corrected chi connectivity index (χ4v) is 4.30. The van der Waals surface area contributed by atoms with Crippen molar-refractivity contribution in [3.63, 3.8) is 0 Å². The van der Waals surface area contributed by atoms with Crippen LogP contribution in [0.4, 0.5) is 5.69 Å². The molecule has 0 spiro atoms. The van der Waals surface area contributed by atoms with Gasteiger partial charge in [0.2, 0.25) is 0 Å². The first kappa shape index (κ1) is 20.5. The van der Waals surface area contributed by atoms with Gasteiger partial charge < -0.3 is 10.1 Å². The third-order valence-electron chi connectivity index (χ3n) is 5.14. The molecule has 1 heterocycles. The Kier molecular flexibility index (Phi) is 5.83.